The molecule has 0 spiro atoms. The lowest BCUT2D eigenvalue weighted by atomic mass is 10.1. The lowest BCUT2D eigenvalue weighted by Crippen LogP contribution is -2.15. The predicted octanol–water partition coefficient (Wildman–Crippen LogP) is 4.13. The SMILES string of the molecule is Cc1ccc(C)c(Nc2cc(C(=O)Nc3ccc4c(c3)OCO4)nc(C)n2)c1. The Labute approximate surface area is 162 Å². The first-order valence-electron chi connectivity index (χ1n) is 8.89. The highest BCUT2D eigenvalue weighted by Gasteiger charge is 2.16. The Morgan fingerprint density at radius 2 is 1.79 bits per heavy atom. The van der Waals surface area contributed by atoms with Gasteiger partial charge in [0.25, 0.3) is 5.91 Å². The van der Waals surface area contributed by atoms with Gasteiger partial charge in [-0.2, -0.15) is 0 Å². The van der Waals surface area contributed by atoms with Gasteiger partial charge in [0.2, 0.25) is 6.79 Å². The minimum Gasteiger partial charge on any atom is -0.454 e. The maximum atomic E-state index is 12.7. The first-order valence-corrected chi connectivity index (χ1v) is 8.89. The second kappa shape index (κ2) is 7.19. The second-order valence-electron chi connectivity index (χ2n) is 6.65. The highest BCUT2D eigenvalue weighted by atomic mass is 16.7. The highest BCUT2D eigenvalue weighted by molar-refractivity contribution is 6.03. The third-order valence-electron chi connectivity index (χ3n) is 4.36. The number of nitrogens with zero attached hydrogens (tertiary/aromatic N) is 2. The Morgan fingerprint density at radius 3 is 2.64 bits per heavy atom. The molecule has 0 atom stereocenters. The zero-order valence-electron chi connectivity index (χ0n) is 15.9. The van der Waals surface area contributed by atoms with E-state index in [2.05, 4.69) is 26.7 Å². The van der Waals surface area contributed by atoms with Crippen molar-refractivity contribution in [1.82, 2.24) is 9.97 Å². The molecule has 2 heterocycles. The van der Waals surface area contributed by atoms with E-state index >= 15 is 0 Å². The van der Waals surface area contributed by atoms with Crippen LogP contribution in [0.4, 0.5) is 17.2 Å². The summed E-state index contributed by atoms with van der Waals surface area (Å²) in [5.41, 5.74) is 4.06. The topological polar surface area (TPSA) is 85.4 Å². The second-order valence-corrected chi connectivity index (χ2v) is 6.65. The van der Waals surface area contributed by atoms with E-state index < -0.39 is 0 Å². The molecule has 3 aromatic rings. The molecule has 0 radical (unpaired) electrons. The van der Waals surface area contributed by atoms with Crippen LogP contribution in [0.25, 0.3) is 0 Å². The molecule has 1 aliphatic heterocycles. The van der Waals surface area contributed by atoms with Crippen molar-refractivity contribution in [3.8, 4) is 11.5 Å². The van der Waals surface area contributed by atoms with Gasteiger partial charge in [-0.3, -0.25) is 4.79 Å². The number of anilines is 3. The smallest absolute Gasteiger partial charge is 0.274 e. The normalized spacial score (nSPS) is 12.0. The third kappa shape index (κ3) is 3.73. The Hall–Kier alpha value is -3.61. The summed E-state index contributed by atoms with van der Waals surface area (Å²) in [6.07, 6.45) is 0. The molecule has 2 N–H and O–H groups in total. The van der Waals surface area contributed by atoms with Crippen LogP contribution in [0.2, 0.25) is 0 Å². The van der Waals surface area contributed by atoms with Gasteiger partial charge < -0.3 is 20.1 Å². The monoisotopic (exact) mass is 376 g/mol. The number of carbonyl (C=O) groups is 1. The summed E-state index contributed by atoms with van der Waals surface area (Å²) in [6, 6.07) is 13.0. The van der Waals surface area contributed by atoms with Gasteiger partial charge in [0.1, 0.15) is 17.3 Å². The highest BCUT2D eigenvalue weighted by Crippen LogP contribution is 2.34. The van der Waals surface area contributed by atoms with Crippen LogP contribution in [0.5, 0.6) is 11.5 Å². The minimum atomic E-state index is -0.326. The molecular formula is C21H20N4O3. The van der Waals surface area contributed by atoms with Crippen molar-refractivity contribution in [3.63, 3.8) is 0 Å². The van der Waals surface area contributed by atoms with E-state index in [0.29, 0.717) is 28.8 Å². The van der Waals surface area contributed by atoms with Crippen LogP contribution in [-0.4, -0.2) is 22.7 Å². The Morgan fingerprint density at radius 1 is 0.964 bits per heavy atom. The van der Waals surface area contributed by atoms with Crippen LogP contribution in [0.15, 0.2) is 42.5 Å². The van der Waals surface area contributed by atoms with Gasteiger partial charge in [-0.1, -0.05) is 12.1 Å². The fourth-order valence-electron chi connectivity index (χ4n) is 2.93. The standard InChI is InChI=1S/C21H20N4O3/c1-12-4-5-13(2)16(8-12)25-20-10-17(22-14(3)23-20)21(26)24-15-6-7-18-19(9-15)28-11-27-18/h4-10H,11H2,1-3H3,(H,24,26)(H,22,23,25). The first-order chi connectivity index (χ1) is 13.5. The maximum absolute atomic E-state index is 12.7. The molecule has 0 saturated heterocycles. The van der Waals surface area contributed by atoms with Gasteiger partial charge in [-0.15, -0.1) is 0 Å². The zero-order chi connectivity index (χ0) is 19.7. The summed E-state index contributed by atoms with van der Waals surface area (Å²) in [5, 5.41) is 6.11. The summed E-state index contributed by atoms with van der Waals surface area (Å²) in [4.78, 5) is 21.4. The number of rotatable bonds is 4. The van der Waals surface area contributed by atoms with Gasteiger partial charge >= 0.3 is 0 Å². The van der Waals surface area contributed by atoms with Crippen molar-refractivity contribution in [3.05, 3.63) is 65.1 Å². The fourth-order valence-corrected chi connectivity index (χ4v) is 2.93. The number of fused-ring (bicyclic) bond motifs is 1. The lowest BCUT2D eigenvalue weighted by molar-refractivity contribution is 0.102. The average Bonchev–Trinajstić information content (AvgIpc) is 3.12. The Bertz CT molecular complexity index is 1070. The van der Waals surface area contributed by atoms with E-state index in [1.807, 2.05) is 26.0 Å². The fraction of sp³-hybridized carbons (Fsp3) is 0.190. The van der Waals surface area contributed by atoms with Gasteiger partial charge in [-0.25, -0.2) is 9.97 Å². The molecule has 142 valence electrons. The molecule has 4 rings (SSSR count). The van der Waals surface area contributed by atoms with Crippen molar-refractivity contribution in [1.29, 1.82) is 0 Å². The Kier molecular flexibility index (Phi) is 4.57. The molecule has 0 bridgehead atoms. The molecular weight excluding hydrogens is 356 g/mol. The number of hydrogen-bond acceptors (Lipinski definition) is 6. The molecule has 1 amide bonds. The molecule has 0 aliphatic carbocycles. The van der Waals surface area contributed by atoms with Gasteiger partial charge in [0, 0.05) is 23.5 Å². The molecule has 0 unspecified atom stereocenters. The number of nitrogens with one attached hydrogen (secondary N) is 2. The summed E-state index contributed by atoms with van der Waals surface area (Å²) in [7, 11) is 0. The first kappa shape index (κ1) is 17.8. The molecule has 2 aromatic carbocycles. The number of aromatic nitrogens is 2. The van der Waals surface area contributed by atoms with Crippen LogP contribution in [0, 0.1) is 20.8 Å². The zero-order valence-corrected chi connectivity index (χ0v) is 15.9. The summed E-state index contributed by atoms with van der Waals surface area (Å²) in [5.74, 6) is 2.02. The summed E-state index contributed by atoms with van der Waals surface area (Å²) >= 11 is 0. The van der Waals surface area contributed by atoms with Crippen LogP contribution >= 0.6 is 0 Å². The van der Waals surface area contributed by atoms with Crippen LogP contribution in [0.1, 0.15) is 27.4 Å². The number of benzene rings is 2. The number of hydrogen-bond donors (Lipinski definition) is 2. The van der Waals surface area contributed by atoms with E-state index in [1.54, 1.807) is 31.2 Å². The molecule has 1 aromatic heterocycles. The van der Waals surface area contributed by atoms with Crippen molar-refractivity contribution in [2.75, 3.05) is 17.4 Å². The van der Waals surface area contributed by atoms with E-state index in [9.17, 15) is 4.79 Å². The van der Waals surface area contributed by atoms with Gasteiger partial charge in [-0.05, 0) is 50.1 Å². The van der Waals surface area contributed by atoms with Crippen molar-refractivity contribution >= 4 is 23.1 Å². The predicted molar refractivity (Wildman–Crippen MR) is 106 cm³/mol. The molecule has 7 nitrogen and oxygen atoms in total. The van der Waals surface area contributed by atoms with E-state index in [0.717, 1.165) is 16.8 Å². The van der Waals surface area contributed by atoms with Gasteiger partial charge in [0.05, 0.1) is 0 Å². The number of aryl methyl sites for hydroxylation is 3. The average molecular weight is 376 g/mol. The van der Waals surface area contributed by atoms with E-state index in [1.165, 1.54) is 0 Å². The van der Waals surface area contributed by atoms with Crippen LogP contribution in [0.3, 0.4) is 0 Å². The summed E-state index contributed by atoms with van der Waals surface area (Å²) < 4.78 is 10.6. The Balaban J connectivity index is 1.56. The largest absolute Gasteiger partial charge is 0.454 e. The van der Waals surface area contributed by atoms with Crippen molar-refractivity contribution in [2.24, 2.45) is 0 Å². The summed E-state index contributed by atoms with van der Waals surface area (Å²) in [6.45, 7) is 5.99. The van der Waals surface area contributed by atoms with Crippen LogP contribution < -0.4 is 20.1 Å². The maximum Gasteiger partial charge on any atom is 0.274 e. The third-order valence-corrected chi connectivity index (χ3v) is 4.36. The van der Waals surface area contributed by atoms with E-state index in [4.69, 9.17) is 9.47 Å². The lowest BCUT2D eigenvalue weighted by Gasteiger charge is -2.12. The minimum absolute atomic E-state index is 0.186. The van der Waals surface area contributed by atoms with Crippen molar-refractivity contribution < 1.29 is 14.3 Å². The van der Waals surface area contributed by atoms with Gasteiger partial charge in [0.15, 0.2) is 11.5 Å². The molecule has 0 fully saturated rings. The van der Waals surface area contributed by atoms with Crippen molar-refractivity contribution in [2.45, 2.75) is 20.8 Å². The van der Waals surface area contributed by atoms with E-state index in [-0.39, 0.29) is 18.4 Å². The quantitative estimate of drug-likeness (QED) is 0.712. The molecule has 0 saturated carbocycles. The molecule has 1 aliphatic rings. The molecule has 28 heavy (non-hydrogen) atoms. The molecule has 7 heteroatoms. The number of amides is 1. The number of ether oxygens (including phenoxy) is 2. The van der Waals surface area contributed by atoms with Crippen LogP contribution in [-0.2, 0) is 0 Å². The number of carbonyl (C=O) groups excluding carboxylic acids is 1.